The third-order valence-corrected chi connectivity index (χ3v) is 5.54. The second kappa shape index (κ2) is 6.72. The number of anilines is 1. The van der Waals surface area contributed by atoms with Crippen molar-refractivity contribution >= 4 is 21.7 Å². The summed E-state index contributed by atoms with van der Waals surface area (Å²) in [7, 11) is -2.58. The maximum absolute atomic E-state index is 12.9. The predicted molar refractivity (Wildman–Crippen MR) is 89.5 cm³/mol. The van der Waals surface area contributed by atoms with Crippen molar-refractivity contribution in [2.75, 3.05) is 11.4 Å². The molecule has 124 valence electrons. The first-order valence-electron chi connectivity index (χ1n) is 7.16. The first-order valence-corrected chi connectivity index (χ1v) is 8.60. The largest absolute Gasteiger partial charge is 0.478 e. The molecule has 0 heterocycles. The van der Waals surface area contributed by atoms with Crippen LogP contribution in [0.4, 0.5) is 5.69 Å². The summed E-state index contributed by atoms with van der Waals surface area (Å²) in [5.41, 5.74) is 1.11. The summed E-state index contributed by atoms with van der Waals surface area (Å²) in [6.07, 6.45) is 0.445. The highest BCUT2D eigenvalue weighted by molar-refractivity contribution is 7.92. The first kappa shape index (κ1) is 17.5. The van der Waals surface area contributed by atoms with Crippen LogP contribution in [0.5, 0.6) is 0 Å². The predicted octanol–water partition coefficient (Wildman–Crippen LogP) is 2.64. The zero-order valence-electron chi connectivity index (χ0n) is 13.2. The van der Waals surface area contributed by atoms with Crippen LogP contribution in [0.3, 0.4) is 0 Å². The zero-order valence-corrected chi connectivity index (χ0v) is 14.0. The maximum Gasteiger partial charge on any atom is 0.335 e. The van der Waals surface area contributed by atoms with Crippen molar-refractivity contribution in [3.63, 3.8) is 0 Å². The van der Waals surface area contributed by atoms with Crippen molar-refractivity contribution < 1.29 is 18.3 Å². The van der Waals surface area contributed by atoms with Gasteiger partial charge in [0.2, 0.25) is 0 Å². The Hall–Kier alpha value is -2.85. The van der Waals surface area contributed by atoms with Gasteiger partial charge in [-0.15, -0.1) is 0 Å². The molecule has 0 amide bonds. The van der Waals surface area contributed by atoms with Gasteiger partial charge in [0.25, 0.3) is 10.0 Å². The Bertz CT molecular complexity index is 930. The number of hydrogen-bond acceptors (Lipinski definition) is 4. The van der Waals surface area contributed by atoms with Crippen LogP contribution < -0.4 is 4.31 Å². The zero-order chi connectivity index (χ0) is 17.9. The van der Waals surface area contributed by atoms with Crippen molar-refractivity contribution in [2.24, 2.45) is 0 Å². The van der Waals surface area contributed by atoms with Crippen LogP contribution in [0.1, 0.15) is 28.4 Å². The number of nitriles is 1. The fraction of sp³-hybridized carbons (Fsp3) is 0.176. The van der Waals surface area contributed by atoms with E-state index in [0.717, 1.165) is 4.31 Å². The van der Waals surface area contributed by atoms with Gasteiger partial charge in [-0.3, -0.25) is 4.31 Å². The third kappa shape index (κ3) is 3.24. The molecule has 24 heavy (non-hydrogen) atoms. The molecule has 0 aliphatic heterocycles. The molecule has 0 saturated carbocycles. The minimum atomic E-state index is -3.96. The Morgan fingerprint density at radius 1 is 1.25 bits per heavy atom. The quantitative estimate of drug-likeness (QED) is 0.899. The summed E-state index contributed by atoms with van der Waals surface area (Å²) in [4.78, 5) is 11.1. The van der Waals surface area contributed by atoms with Gasteiger partial charge in [-0.1, -0.05) is 19.1 Å². The summed E-state index contributed by atoms with van der Waals surface area (Å²) in [6, 6.07) is 12.2. The molecule has 1 N–H and O–H groups in total. The topological polar surface area (TPSA) is 98.5 Å². The highest BCUT2D eigenvalue weighted by Crippen LogP contribution is 2.26. The van der Waals surface area contributed by atoms with Gasteiger partial charge in [0.1, 0.15) is 0 Å². The van der Waals surface area contributed by atoms with Crippen LogP contribution in [0.2, 0.25) is 0 Å². The van der Waals surface area contributed by atoms with Crippen molar-refractivity contribution in [3.8, 4) is 6.07 Å². The number of rotatable bonds is 5. The van der Waals surface area contributed by atoms with Gasteiger partial charge in [-0.25, -0.2) is 13.2 Å². The maximum atomic E-state index is 12.9. The standard InChI is InChI=1S/C17H16N2O4S/c1-3-13-7-8-14(17(20)21)10-16(13)24(22,23)19(2)15-6-4-5-12(9-15)11-18/h4-10H,3H2,1-2H3,(H,20,21). The van der Waals surface area contributed by atoms with Gasteiger partial charge in [-0.05, 0) is 42.3 Å². The second-order valence-electron chi connectivity index (χ2n) is 5.12. The van der Waals surface area contributed by atoms with Crippen LogP contribution in [0, 0.1) is 11.3 Å². The van der Waals surface area contributed by atoms with E-state index in [1.807, 2.05) is 6.07 Å². The lowest BCUT2D eigenvalue weighted by Crippen LogP contribution is -2.27. The van der Waals surface area contributed by atoms with E-state index in [-0.39, 0.29) is 10.5 Å². The molecule has 0 fully saturated rings. The van der Waals surface area contributed by atoms with E-state index in [1.54, 1.807) is 25.1 Å². The van der Waals surface area contributed by atoms with E-state index < -0.39 is 16.0 Å². The summed E-state index contributed by atoms with van der Waals surface area (Å²) in [6.45, 7) is 1.80. The number of aromatic carboxylic acids is 1. The van der Waals surface area contributed by atoms with Crippen LogP contribution in [0.25, 0.3) is 0 Å². The minimum Gasteiger partial charge on any atom is -0.478 e. The van der Waals surface area contributed by atoms with Crippen molar-refractivity contribution in [2.45, 2.75) is 18.2 Å². The fourth-order valence-corrected chi connectivity index (χ4v) is 3.78. The van der Waals surface area contributed by atoms with Crippen LogP contribution >= 0.6 is 0 Å². The molecule has 7 heteroatoms. The molecule has 2 aromatic rings. The minimum absolute atomic E-state index is 0.0465. The van der Waals surface area contributed by atoms with E-state index in [1.165, 1.54) is 31.3 Å². The van der Waals surface area contributed by atoms with Crippen molar-refractivity contribution in [1.82, 2.24) is 0 Å². The summed E-state index contributed by atoms with van der Waals surface area (Å²) in [5.74, 6) is -1.19. The molecular formula is C17H16N2O4S. The SMILES string of the molecule is CCc1ccc(C(=O)O)cc1S(=O)(=O)N(C)c1cccc(C#N)c1. The van der Waals surface area contributed by atoms with Gasteiger partial charge in [0.15, 0.2) is 0 Å². The molecule has 0 aliphatic carbocycles. The fourth-order valence-electron chi connectivity index (χ4n) is 2.28. The Morgan fingerprint density at radius 2 is 1.96 bits per heavy atom. The number of carboxylic acid groups (broad SMARTS) is 1. The van der Waals surface area contributed by atoms with Gasteiger partial charge < -0.3 is 5.11 Å². The normalized spacial score (nSPS) is 10.9. The highest BCUT2D eigenvalue weighted by Gasteiger charge is 2.25. The molecular weight excluding hydrogens is 328 g/mol. The summed E-state index contributed by atoms with van der Waals surface area (Å²) >= 11 is 0. The number of benzene rings is 2. The lowest BCUT2D eigenvalue weighted by Gasteiger charge is -2.21. The first-order chi connectivity index (χ1) is 11.3. The molecule has 0 aromatic heterocycles. The lowest BCUT2D eigenvalue weighted by molar-refractivity contribution is 0.0696. The lowest BCUT2D eigenvalue weighted by atomic mass is 10.1. The van der Waals surface area contributed by atoms with E-state index >= 15 is 0 Å². The molecule has 0 spiro atoms. The molecule has 0 saturated heterocycles. The molecule has 0 aliphatic rings. The molecule has 0 radical (unpaired) electrons. The smallest absolute Gasteiger partial charge is 0.335 e. The average Bonchev–Trinajstić information content (AvgIpc) is 2.60. The van der Waals surface area contributed by atoms with Gasteiger partial charge >= 0.3 is 5.97 Å². The van der Waals surface area contributed by atoms with E-state index in [0.29, 0.717) is 23.2 Å². The molecule has 2 rings (SSSR count). The molecule has 2 aromatic carbocycles. The number of nitrogens with zero attached hydrogens (tertiary/aromatic N) is 2. The summed E-state index contributed by atoms with van der Waals surface area (Å²) < 4.78 is 26.9. The Morgan fingerprint density at radius 3 is 2.54 bits per heavy atom. The number of hydrogen-bond donors (Lipinski definition) is 1. The molecule has 0 unspecified atom stereocenters. The van der Waals surface area contributed by atoms with Crippen molar-refractivity contribution in [3.05, 3.63) is 59.2 Å². The van der Waals surface area contributed by atoms with Crippen LogP contribution in [-0.2, 0) is 16.4 Å². The monoisotopic (exact) mass is 344 g/mol. The molecule has 6 nitrogen and oxygen atoms in total. The number of carboxylic acids is 1. The Labute approximate surface area is 140 Å². The second-order valence-corrected chi connectivity index (χ2v) is 7.05. The average molecular weight is 344 g/mol. The molecule has 0 atom stereocenters. The van der Waals surface area contributed by atoms with E-state index in [2.05, 4.69) is 0 Å². The van der Waals surface area contributed by atoms with E-state index in [4.69, 9.17) is 10.4 Å². The molecule has 0 bridgehead atoms. The number of carbonyl (C=O) groups is 1. The van der Waals surface area contributed by atoms with Gasteiger partial charge in [0, 0.05) is 7.05 Å². The van der Waals surface area contributed by atoms with Crippen LogP contribution in [-0.4, -0.2) is 26.5 Å². The number of aryl methyl sites for hydroxylation is 1. The summed E-state index contributed by atoms with van der Waals surface area (Å²) in [5, 5.41) is 18.1. The van der Waals surface area contributed by atoms with Gasteiger partial charge in [-0.2, -0.15) is 5.26 Å². The highest BCUT2D eigenvalue weighted by atomic mass is 32.2. The van der Waals surface area contributed by atoms with E-state index in [9.17, 15) is 13.2 Å². The van der Waals surface area contributed by atoms with Gasteiger partial charge in [0.05, 0.1) is 27.8 Å². The Balaban J connectivity index is 2.59. The number of sulfonamides is 1. The third-order valence-electron chi connectivity index (χ3n) is 3.67. The Kier molecular flexibility index (Phi) is 4.90. The van der Waals surface area contributed by atoms with Crippen LogP contribution in [0.15, 0.2) is 47.4 Å². The van der Waals surface area contributed by atoms with Crippen molar-refractivity contribution in [1.29, 1.82) is 5.26 Å².